The number of anilines is 1. The zero-order chi connectivity index (χ0) is 22.1. The van der Waals surface area contributed by atoms with Crippen molar-refractivity contribution in [3.05, 3.63) is 66.5 Å². The van der Waals surface area contributed by atoms with Crippen LogP contribution in [0.1, 0.15) is 16.8 Å². The standard InChI is InChI=1S/C26H27N5O/c1-27-20-6-3-5-18(15-20)25-22-9-10-28-17-23(22)21-8-7-19(16-24(21)29-25)26(32)31-12-4-11-30(2)13-14-31/h3,5-10,15-17,27H,4,11-14H2,1-2H3. The Bertz CT molecular complexity index is 1300. The number of aromatic nitrogens is 2. The zero-order valence-corrected chi connectivity index (χ0v) is 18.5. The number of benzene rings is 2. The molecule has 0 aliphatic carbocycles. The van der Waals surface area contributed by atoms with Gasteiger partial charge in [0.1, 0.15) is 0 Å². The summed E-state index contributed by atoms with van der Waals surface area (Å²) in [6.07, 6.45) is 4.68. The first-order valence-electron chi connectivity index (χ1n) is 11.1. The second-order valence-electron chi connectivity index (χ2n) is 8.39. The molecule has 1 aliphatic rings. The molecule has 5 rings (SSSR count). The van der Waals surface area contributed by atoms with Crippen molar-refractivity contribution in [2.24, 2.45) is 0 Å². The fourth-order valence-electron chi connectivity index (χ4n) is 4.46. The molecule has 0 bridgehead atoms. The molecule has 6 heteroatoms. The summed E-state index contributed by atoms with van der Waals surface area (Å²) in [5, 5.41) is 6.30. The number of hydrogen-bond acceptors (Lipinski definition) is 5. The molecule has 6 nitrogen and oxygen atoms in total. The van der Waals surface area contributed by atoms with Crippen molar-refractivity contribution in [3.8, 4) is 11.3 Å². The lowest BCUT2D eigenvalue weighted by Crippen LogP contribution is -2.34. The molecule has 1 aliphatic heterocycles. The molecule has 162 valence electrons. The highest BCUT2D eigenvalue weighted by Crippen LogP contribution is 2.33. The van der Waals surface area contributed by atoms with Crippen molar-refractivity contribution in [1.29, 1.82) is 0 Å². The van der Waals surface area contributed by atoms with Crippen molar-refractivity contribution < 1.29 is 4.79 Å². The van der Waals surface area contributed by atoms with Crippen LogP contribution in [-0.2, 0) is 0 Å². The minimum absolute atomic E-state index is 0.0778. The molecule has 0 unspecified atom stereocenters. The predicted molar refractivity (Wildman–Crippen MR) is 130 cm³/mol. The van der Waals surface area contributed by atoms with E-state index in [9.17, 15) is 4.79 Å². The summed E-state index contributed by atoms with van der Waals surface area (Å²) in [7, 11) is 4.02. The number of likely N-dealkylation sites (N-methyl/N-ethyl adjacent to an activating group) is 1. The van der Waals surface area contributed by atoms with Gasteiger partial charge in [0.25, 0.3) is 5.91 Å². The van der Waals surface area contributed by atoms with Crippen LogP contribution in [-0.4, -0.2) is 65.9 Å². The van der Waals surface area contributed by atoms with Gasteiger partial charge in [-0.2, -0.15) is 0 Å². The Morgan fingerprint density at radius 1 is 0.969 bits per heavy atom. The summed E-state index contributed by atoms with van der Waals surface area (Å²) in [5.74, 6) is 0.0778. The van der Waals surface area contributed by atoms with E-state index in [1.807, 2.05) is 54.5 Å². The Kier molecular flexibility index (Phi) is 5.45. The Morgan fingerprint density at radius 3 is 2.75 bits per heavy atom. The van der Waals surface area contributed by atoms with Gasteiger partial charge in [-0.05, 0) is 50.3 Å². The predicted octanol–water partition coefficient (Wildman–Crippen LogP) is 4.27. The molecule has 3 heterocycles. The van der Waals surface area contributed by atoms with Crippen LogP contribution in [0, 0.1) is 0 Å². The molecule has 1 amide bonds. The third-order valence-electron chi connectivity index (χ3n) is 6.27. The summed E-state index contributed by atoms with van der Waals surface area (Å²) < 4.78 is 0. The van der Waals surface area contributed by atoms with Crippen LogP contribution < -0.4 is 5.32 Å². The van der Waals surface area contributed by atoms with E-state index in [1.165, 1.54) is 0 Å². The van der Waals surface area contributed by atoms with Crippen molar-refractivity contribution >= 4 is 33.3 Å². The number of amides is 1. The molecule has 2 aromatic heterocycles. The van der Waals surface area contributed by atoms with Gasteiger partial charge in [0.05, 0.1) is 11.2 Å². The lowest BCUT2D eigenvalue weighted by Gasteiger charge is -2.21. The number of nitrogens with zero attached hydrogens (tertiary/aromatic N) is 4. The quantitative estimate of drug-likeness (QED) is 0.497. The van der Waals surface area contributed by atoms with Crippen molar-refractivity contribution in [2.75, 3.05) is 45.6 Å². The number of carbonyl (C=O) groups excluding carboxylic acids is 1. The fourth-order valence-corrected chi connectivity index (χ4v) is 4.46. The highest BCUT2D eigenvalue weighted by atomic mass is 16.2. The van der Waals surface area contributed by atoms with E-state index in [2.05, 4.69) is 34.4 Å². The molecule has 1 saturated heterocycles. The van der Waals surface area contributed by atoms with E-state index in [0.29, 0.717) is 5.56 Å². The van der Waals surface area contributed by atoms with Gasteiger partial charge in [0.2, 0.25) is 0 Å². The Balaban J connectivity index is 1.62. The monoisotopic (exact) mass is 425 g/mol. The smallest absolute Gasteiger partial charge is 0.253 e. The van der Waals surface area contributed by atoms with Crippen LogP contribution in [0.2, 0.25) is 0 Å². The van der Waals surface area contributed by atoms with E-state index in [0.717, 1.165) is 71.2 Å². The molecule has 0 radical (unpaired) electrons. The third-order valence-corrected chi connectivity index (χ3v) is 6.27. The molecule has 32 heavy (non-hydrogen) atoms. The van der Waals surface area contributed by atoms with Gasteiger partial charge in [-0.25, -0.2) is 4.98 Å². The van der Waals surface area contributed by atoms with Gasteiger partial charge in [-0.3, -0.25) is 9.78 Å². The maximum atomic E-state index is 13.3. The SMILES string of the molecule is CNc1cccc(-c2nc3cc(C(=O)N4CCCN(C)CC4)ccc3c3cnccc23)c1. The minimum Gasteiger partial charge on any atom is -0.388 e. The van der Waals surface area contributed by atoms with Gasteiger partial charge < -0.3 is 15.1 Å². The van der Waals surface area contributed by atoms with Gasteiger partial charge in [0.15, 0.2) is 0 Å². The number of fused-ring (bicyclic) bond motifs is 3. The first-order valence-corrected chi connectivity index (χ1v) is 11.1. The molecular formula is C26H27N5O. The van der Waals surface area contributed by atoms with Crippen molar-refractivity contribution in [2.45, 2.75) is 6.42 Å². The van der Waals surface area contributed by atoms with Crippen LogP contribution in [0.4, 0.5) is 5.69 Å². The van der Waals surface area contributed by atoms with Gasteiger partial charge in [0, 0.05) is 72.0 Å². The molecular weight excluding hydrogens is 398 g/mol. The highest BCUT2D eigenvalue weighted by Gasteiger charge is 2.20. The van der Waals surface area contributed by atoms with Crippen LogP contribution >= 0.6 is 0 Å². The number of hydrogen-bond donors (Lipinski definition) is 1. The summed E-state index contributed by atoms with van der Waals surface area (Å²) in [6.45, 7) is 3.47. The minimum atomic E-state index is 0.0778. The molecule has 1 fully saturated rings. The topological polar surface area (TPSA) is 61.4 Å². The second-order valence-corrected chi connectivity index (χ2v) is 8.39. The molecule has 4 aromatic rings. The molecule has 0 saturated carbocycles. The van der Waals surface area contributed by atoms with E-state index in [-0.39, 0.29) is 5.91 Å². The lowest BCUT2D eigenvalue weighted by molar-refractivity contribution is 0.0763. The molecule has 1 N–H and O–H groups in total. The van der Waals surface area contributed by atoms with Crippen LogP contribution in [0.15, 0.2) is 60.9 Å². The summed E-state index contributed by atoms with van der Waals surface area (Å²) in [4.78, 5) is 26.9. The van der Waals surface area contributed by atoms with Crippen molar-refractivity contribution in [3.63, 3.8) is 0 Å². The molecule has 2 aromatic carbocycles. The third kappa shape index (κ3) is 3.78. The van der Waals surface area contributed by atoms with Gasteiger partial charge in [-0.15, -0.1) is 0 Å². The number of carbonyl (C=O) groups is 1. The van der Waals surface area contributed by atoms with E-state index in [1.54, 1.807) is 6.20 Å². The lowest BCUT2D eigenvalue weighted by atomic mass is 10.00. The maximum Gasteiger partial charge on any atom is 0.253 e. The van der Waals surface area contributed by atoms with E-state index in [4.69, 9.17) is 4.98 Å². The van der Waals surface area contributed by atoms with Crippen molar-refractivity contribution in [1.82, 2.24) is 19.8 Å². The van der Waals surface area contributed by atoms with Gasteiger partial charge >= 0.3 is 0 Å². The van der Waals surface area contributed by atoms with Gasteiger partial charge in [-0.1, -0.05) is 18.2 Å². The van der Waals surface area contributed by atoms with Crippen LogP contribution in [0.25, 0.3) is 32.9 Å². The number of rotatable bonds is 3. The highest BCUT2D eigenvalue weighted by molar-refractivity contribution is 6.12. The summed E-state index contributed by atoms with van der Waals surface area (Å²) in [5.41, 5.74) is 4.46. The zero-order valence-electron chi connectivity index (χ0n) is 18.5. The Hall–Kier alpha value is -3.51. The maximum absolute atomic E-state index is 13.3. The number of nitrogens with one attached hydrogen (secondary N) is 1. The summed E-state index contributed by atoms with van der Waals surface area (Å²) >= 11 is 0. The second kappa shape index (κ2) is 8.55. The molecule has 0 spiro atoms. The number of pyridine rings is 2. The molecule has 0 atom stereocenters. The summed E-state index contributed by atoms with van der Waals surface area (Å²) in [6, 6.07) is 16.1. The normalized spacial score (nSPS) is 15.1. The Morgan fingerprint density at radius 2 is 1.88 bits per heavy atom. The van der Waals surface area contributed by atoms with E-state index >= 15 is 0 Å². The van der Waals surface area contributed by atoms with Crippen LogP contribution in [0.5, 0.6) is 0 Å². The van der Waals surface area contributed by atoms with E-state index < -0.39 is 0 Å². The average Bonchev–Trinajstić information content (AvgIpc) is 3.07. The Labute approximate surface area is 187 Å². The fraction of sp³-hybridized carbons (Fsp3) is 0.269. The first kappa shape index (κ1) is 20.4. The van der Waals surface area contributed by atoms with Crippen LogP contribution in [0.3, 0.4) is 0 Å². The largest absolute Gasteiger partial charge is 0.388 e. The average molecular weight is 426 g/mol. The first-order chi connectivity index (χ1) is 15.6.